The minimum absolute atomic E-state index is 0.0866. The lowest BCUT2D eigenvalue weighted by Gasteiger charge is -2.17. The molecule has 0 saturated carbocycles. The second-order valence-corrected chi connectivity index (χ2v) is 11.4. The van der Waals surface area contributed by atoms with Gasteiger partial charge in [0.15, 0.2) is 5.69 Å². The number of nitrogens with one attached hydrogen (secondary N) is 2. The molecule has 1 aliphatic heterocycles. The number of aromatic hydroxyl groups is 1. The third kappa shape index (κ3) is 7.42. The van der Waals surface area contributed by atoms with Gasteiger partial charge >= 0.3 is 0 Å². The summed E-state index contributed by atoms with van der Waals surface area (Å²) >= 11 is 6.35. The van der Waals surface area contributed by atoms with Gasteiger partial charge in [0, 0.05) is 42.3 Å². The fraction of sp³-hybridized carbons (Fsp3) is 0.364. The Morgan fingerprint density at radius 3 is 2.50 bits per heavy atom. The van der Waals surface area contributed by atoms with Crippen LogP contribution >= 0.6 is 11.6 Å². The molecule has 0 saturated heterocycles. The van der Waals surface area contributed by atoms with Gasteiger partial charge in [0.25, 0.3) is 11.8 Å². The maximum Gasteiger partial charge on any atom is 0.278 e. The predicted octanol–water partition coefficient (Wildman–Crippen LogP) is 3.94. The molecule has 0 radical (unpaired) electrons. The highest BCUT2D eigenvalue weighted by molar-refractivity contribution is 6.19. The molecule has 4 heterocycles. The lowest BCUT2D eigenvalue weighted by molar-refractivity contribution is 0.00244. The Bertz CT molecular complexity index is 1900. The number of nitrogens with zero attached hydrogens (tertiary/aromatic N) is 5. The van der Waals surface area contributed by atoms with Crippen LogP contribution in [-0.2, 0) is 25.5 Å². The number of alkyl halides is 1. The number of hydrogen-bond acceptors (Lipinski definition) is 10. The van der Waals surface area contributed by atoms with E-state index in [0.717, 1.165) is 16.3 Å². The summed E-state index contributed by atoms with van der Waals surface area (Å²) in [5.74, 6) is -0.111. The van der Waals surface area contributed by atoms with Crippen LogP contribution < -0.4 is 10.2 Å². The van der Waals surface area contributed by atoms with Gasteiger partial charge in [0.1, 0.15) is 17.3 Å². The van der Waals surface area contributed by atoms with Gasteiger partial charge in [-0.2, -0.15) is 0 Å². The quantitative estimate of drug-likeness (QED) is 0.103. The number of carbonyl (C=O) groups is 2. The smallest absolute Gasteiger partial charge is 0.278 e. The molecule has 1 atom stereocenters. The Morgan fingerprint density at radius 2 is 1.75 bits per heavy atom. The molecule has 0 fully saturated rings. The van der Waals surface area contributed by atoms with Crippen molar-refractivity contribution in [2.24, 2.45) is 0 Å². The number of H-pyrrole nitrogens is 1. The number of phenols is 1. The molecule has 15 heteroatoms. The number of benzene rings is 2. The first-order chi connectivity index (χ1) is 23.5. The number of aromatic amines is 1. The number of aromatic nitrogens is 5. The number of phenolic OH excluding ortho intramolecular Hbond substituents is 1. The number of pyridine rings is 1. The lowest BCUT2D eigenvalue weighted by Crippen LogP contribution is -2.30. The third-order valence-corrected chi connectivity index (χ3v) is 8.34. The molecule has 14 nitrogen and oxygen atoms in total. The van der Waals surface area contributed by atoms with Gasteiger partial charge in [-0.3, -0.25) is 9.59 Å². The zero-order chi connectivity index (χ0) is 33.5. The topological polar surface area (TPSA) is 166 Å². The molecular formula is C33H36ClN7O7. The third-order valence-electron chi connectivity index (χ3n) is 7.96. The van der Waals surface area contributed by atoms with E-state index in [4.69, 9.17) is 30.5 Å². The van der Waals surface area contributed by atoms with Crippen molar-refractivity contribution in [3.05, 3.63) is 71.8 Å². The van der Waals surface area contributed by atoms with Gasteiger partial charge in [-0.1, -0.05) is 29.5 Å². The fourth-order valence-corrected chi connectivity index (χ4v) is 5.89. The van der Waals surface area contributed by atoms with Crippen LogP contribution in [0.1, 0.15) is 32.5 Å². The summed E-state index contributed by atoms with van der Waals surface area (Å²) < 4.78 is 22.8. The van der Waals surface area contributed by atoms with Crippen LogP contribution in [0.25, 0.3) is 21.7 Å². The first-order valence-corrected chi connectivity index (χ1v) is 16.0. The summed E-state index contributed by atoms with van der Waals surface area (Å²) in [4.78, 5) is 35.7. The average Bonchev–Trinajstić information content (AvgIpc) is 3.84. The molecule has 0 aliphatic carbocycles. The molecule has 0 spiro atoms. The first kappa shape index (κ1) is 33.3. The highest BCUT2D eigenvalue weighted by Crippen LogP contribution is 2.45. The Morgan fingerprint density at radius 1 is 1.02 bits per heavy atom. The molecule has 1 aliphatic rings. The maximum absolute atomic E-state index is 13.8. The molecule has 2 amide bonds. The Hall–Kier alpha value is -4.60. The predicted molar refractivity (Wildman–Crippen MR) is 179 cm³/mol. The van der Waals surface area contributed by atoms with E-state index in [1.807, 2.05) is 24.3 Å². The molecule has 3 aromatic heterocycles. The Labute approximate surface area is 280 Å². The zero-order valence-corrected chi connectivity index (χ0v) is 27.1. The molecule has 0 unspecified atom stereocenters. The largest absolute Gasteiger partial charge is 0.507 e. The van der Waals surface area contributed by atoms with E-state index in [1.165, 1.54) is 10.9 Å². The van der Waals surface area contributed by atoms with Crippen LogP contribution in [0.15, 0.2) is 54.9 Å². The van der Waals surface area contributed by atoms with E-state index in [9.17, 15) is 14.7 Å². The standard InChI is InChI=1S/C33H36ClN7O7/c1-45-8-9-47-12-13-48-11-10-46-7-6-40-20-27(38-39-40)32(43)37-30-15-21-14-25(36-26(21)18-35-30)33(44)41-19-22(17-34)31-24-5-3-2-4-23(24)29(42)16-28(31)41/h2-5,14-16,18,20,22,36,42H,6-13,17,19H2,1H3,(H,35,37,43)/t22-/m1/s1. The van der Waals surface area contributed by atoms with Crippen molar-refractivity contribution in [1.29, 1.82) is 0 Å². The zero-order valence-electron chi connectivity index (χ0n) is 26.4. The van der Waals surface area contributed by atoms with Crippen molar-refractivity contribution >= 4 is 56.6 Å². The Balaban J connectivity index is 1.03. The average molecular weight is 678 g/mol. The van der Waals surface area contributed by atoms with E-state index in [1.54, 1.807) is 36.4 Å². The minimum Gasteiger partial charge on any atom is -0.507 e. The van der Waals surface area contributed by atoms with Crippen LogP contribution in [0.3, 0.4) is 0 Å². The summed E-state index contributed by atoms with van der Waals surface area (Å²) in [6, 6.07) is 12.6. The number of halogens is 1. The highest BCUT2D eigenvalue weighted by Gasteiger charge is 2.35. The number of amides is 2. The van der Waals surface area contributed by atoms with Crippen molar-refractivity contribution in [2.45, 2.75) is 12.5 Å². The number of hydrogen-bond donors (Lipinski definition) is 3. The highest BCUT2D eigenvalue weighted by atomic mass is 35.5. The van der Waals surface area contributed by atoms with Crippen molar-refractivity contribution in [3.63, 3.8) is 0 Å². The second-order valence-electron chi connectivity index (χ2n) is 11.1. The summed E-state index contributed by atoms with van der Waals surface area (Å²) in [6.45, 7) is 4.09. The van der Waals surface area contributed by atoms with E-state index in [0.29, 0.717) is 87.5 Å². The van der Waals surface area contributed by atoms with Crippen molar-refractivity contribution < 1.29 is 33.6 Å². The molecule has 2 aromatic carbocycles. The van der Waals surface area contributed by atoms with Crippen LogP contribution in [0, 0.1) is 0 Å². The van der Waals surface area contributed by atoms with Crippen LogP contribution in [0.2, 0.25) is 0 Å². The molecule has 6 rings (SSSR count). The number of carbonyl (C=O) groups excluding carboxylic acids is 2. The fourth-order valence-electron chi connectivity index (χ4n) is 5.64. The number of rotatable bonds is 16. The van der Waals surface area contributed by atoms with Crippen molar-refractivity contribution in [1.82, 2.24) is 25.0 Å². The number of anilines is 2. The number of fused-ring (bicyclic) bond motifs is 4. The second kappa shape index (κ2) is 15.5. The van der Waals surface area contributed by atoms with E-state index < -0.39 is 5.91 Å². The molecule has 48 heavy (non-hydrogen) atoms. The van der Waals surface area contributed by atoms with Crippen LogP contribution in [-0.4, -0.2) is 108 Å². The van der Waals surface area contributed by atoms with Crippen molar-refractivity contribution in [2.75, 3.05) is 76.0 Å². The van der Waals surface area contributed by atoms with Gasteiger partial charge in [-0.25, -0.2) is 9.67 Å². The number of methoxy groups -OCH3 is 1. The Kier molecular flexibility index (Phi) is 10.8. The lowest BCUT2D eigenvalue weighted by atomic mass is 9.95. The molecule has 3 N–H and O–H groups in total. The SMILES string of the molecule is COCCOCCOCCOCCn1cc(C(=O)Nc2cc3cc(C(=O)N4C[C@@H](CCl)c5c4cc(O)c4ccccc54)[nH]c3cn2)nn1. The summed E-state index contributed by atoms with van der Waals surface area (Å²) in [6.07, 6.45) is 3.08. The monoisotopic (exact) mass is 677 g/mol. The van der Waals surface area contributed by atoms with E-state index >= 15 is 0 Å². The molecule has 0 bridgehead atoms. The summed E-state index contributed by atoms with van der Waals surface area (Å²) in [7, 11) is 1.62. The van der Waals surface area contributed by atoms with Crippen molar-refractivity contribution in [3.8, 4) is 5.75 Å². The van der Waals surface area contributed by atoms with Gasteiger partial charge in [-0.15, -0.1) is 16.7 Å². The normalized spacial score (nSPS) is 14.2. The molecule has 252 valence electrons. The first-order valence-electron chi connectivity index (χ1n) is 15.5. The molecular weight excluding hydrogens is 642 g/mol. The molecule has 5 aromatic rings. The number of ether oxygens (including phenoxy) is 4. The van der Waals surface area contributed by atoms with Crippen LogP contribution in [0.4, 0.5) is 11.5 Å². The van der Waals surface area contributed by atoms with Gasteiger partial charge in [-0.05, 0) is 23.1 Å². The van der Waals surface area contributed by atoms with E-state index in [-0.39, 0.29) is 29.1 Å². The van der Waals surface area contributed by atoms with Crippen LogP contribution in [0.5, 0.6) is 5.75 Å². The van der Waals surface area contributed by atoms with Gasteiger partial charge in [0.05, 0.1) is 76.4 Å². The van der Waals surface area contributed by atoms with E-state index in [2.05, 4.69) is 25.6 Å². The summed E-state index contributed by atoms with van der Waals surface area (Å²) in [5.41, 5.74) is 2.66. The van der Waals surface area contributed by atoms with Gasteiger partial charge < -0.3 is 39.3 Å². The van der Waals surface area contributed by atoms with Gasteiger partial charge in [0.2, 0.25) is 0 Å². The maximum atomic E-state index is 13.8. The minimum atomic E-state index is -0.477. The summed E-state index contributed by atoms with van der Waals surface area (Å²) in [5, 5.41) is 23.7.